The number of fused-ring (bicyclic) bond motifs is 1. The highest BCUT2D eigenvalue weighted by Gasteiger charge is 2.40. The summed E-state index contributed by atoms with van der Waals surface area (Å²) in [6.45, 7) is 9.65. The number of thiophene rings is 2. The van der Waals surface area contributed by atoms with E-state index in [1.807, 2.05) is 61.5 Å². The minimum absolute atomic E-state index is 0.138. The Kier molecular flexibility index (Phi) is 12.5. The molecule has 15 heteroatoms. The van der Waals surface area contributed by atoms with E-state index in [1.54, 1.807) is 48.3 Å². The number of allylic oxidation sites excluding steroid dienone is 1. The summed E-state index contributed by atoms with van der Waals surface area (Å²) in [6.07, 6.45) is 7.03. The number of carbonyl (C=O) groups excluding carboxylic acids is 4. The van der Waals surface area contributed by atoms with E-state index >= 15 is 0 Å². The minimum atomic E-state index is -0.882. The third kappa shape index (κ3) is 8.97. The first-order valence-electron chi connectivity index (χ1n) is 21.3. The number of ether oxygens (including phenoxy) is 1. The standard InChI is InChI=1S/C47H53N7O6S2/c1-27(2)39(51-38(56)24-55)44(57)54-20-10-14-37(54)43-49-23-35(50-43)29-17-15-28(16-18-29)32-25-61-42-33(26-62-41(32)42)31-21-34(48-22-31)36-13-9-19-53(36)45(58)40(30-11-7-6-8-12-30)52-46(59)60-47(3,4)5/h6-8,11-12,15-18,22-23,25-27,36-37,39-40,55H,9-10,13-14,19-21,24H2,1-5H3,(H,49,50)(H,51,56)(H,52,59)/t36?,37?,39-,40+/m0/s1. The Morgan fingerprint density at radius 3 is 2.19 bits per heavy atom. The summed E-state index contributed by atoms with van der Waals surface area (Å²) in [5, 5.41) is 19.2. The number of nitrogens with zero attached hydrogens (tertiary/aromatic N) is 4. The summed E-state index contributed by atoms with van der Waals surface area (Å²) in [4.78, 5) is 69.5. The van der Waals surface area contributed by atoms with E-state index in [0.717, 1.165) is 53.8 Å². The lowest BCUT2D eigenvalue weighted by atomic mass is 9.98. The van der Waals surface area contributed by atoms with Gasteiger partial charge in [-0.15, -0.1) is 22.7 Å². The SMILES string of the molecule is CC(C)[C@H](NC(=O)CO)C(=O)N1CCCC1c1ncc(-c2ccc(-c3csc4c(C5=CN=C(C6CCCN6C(=O)[C@H](NC(=O)OC(C)(C)C)c6ccccc6)C5)csc34)cc2)[nH]1. The molecule has 4 amide bonds. The molecular weight excluding hydrogens is 823 g/mol. The quantitative estimate of drug-likeness (QED) is 0.0979. The lowest BCUT2D eigenvalue weighted by Gasteiger charge is -2.30. The fourth-order valence-electron chi connectivity index (χ4n) is 8.67. The summed E-state index contributed by atoms with van der Waals surface area (Å²) in [5.41, 5.74) is 7.37. The van der Waals surface area contributed by atoms with Crippen LogP contribution in [0, 0.1) is 5.92 Å². The van der Waals surface area contributed by atoms with Crippen molar-refractivity contribution >= 4 is 67.2 Å². The zero-order valence-corrected chi connectivity index (χ0v) is 37.3. The first-order valence-corrected chi connectivity index (χ1v) is 23.0. The van der Waals surface area contributed by atoms with Gasteiger partial charge in [0, 0.05) is 53.3 Å². The van der Waals surface area contributed by atoms with Gasteiger partial charge < -0.3 is 35.3 Å². The monoisotopic (exact) mass is 875 g/mol. The molecule has 324 valence electrons. The van der Waals surface area contributed by atoms with Gasteiger partial charge in [-0.1, -0.05) is 68.4 Å². The van der Waals surface area contributed by atoms with E-state index in [-0.39, 0.29) is 29.8 Å². The molecule has 0 spiro atoms. The Morgan fingerprint density at radius 2 is 1.52 bits per heavy atom. The summed E-state index contributed by atoms with van der Waals surface area (Å²) in [5.74, 6) is -0.332. The number of aliphatic hydroxyl groups is 1. The molecule has 8 rings (SSSR count). The molecule has 3 aromatic heterocycles. The van der Waals surface area contributed by atoms with E-state index in [2.05, 4.69) is 50.6 Å². The number of aromatic amines is 1. The topological polar surface area (TPSA) is 169 Å². The van der Waals surface area contributed by atoms with Crippen molar-refractivity contribution in [3.8, 4) is 22.4 Å². The van der Waals surface area contributed by atoms with Crippen molar-refractivity contribution in [2.45, 2.75) is 96.5 Å². The highest BCUT2D eigenvalue weighted by molar-refractivity contribution is 7.27. The molecule has 2 aromatic carbocycles. The molecule has 4 atom stereocenters. The maximum atomic E-state index is 14.3. The van der Waals surface area contributed by atoms with Crippen LogP contribution in [-0.4, -0.2) is 91.8 Å². The van der Waals surface area contributed by atoms with Crippen molar-refractivity contribution in [2.75, 3.05) is 19.7 Å². The number of likely N-dealkylation sites (tertiary alicyclic amines) is 2. The van der Waals surface area contributed by atoms with Gasteiger partial charge in [0.05, 0.1) is 33.4 Å². The normalized spacial score (nSPS) is 18.8. The van der Waals surface area contributed by atoms with Crippen LogP contribution >= 0.6 is 22.7 Å². The maximum absolute atomic E-state index is 14.3. The zero-order chi connectivity index (χ0) is 43.7. The molecule has 0 bridgehead atoms. The van der Waals surface area contributed by atoms with E-state index in [9.17, 15) is 24.3 Å². The Labute approximate surface area is 369 Å². The first-order chi connectivity index (χ1) is 29.8. The van der Waals surface area contributed by atoms with Crippen LogP contribution in [0.15, 0.2) is 82.7 Å². The van der Waals surface area contributed by atoms with E-state index in [0.29, 0.717) is 30.9 Å². The molecule has 0 saturated carbocycles. The molecule has 0 aliphatic carbocycles. The smallest absolute Gasteiger partial charge is 0.408 e. The minimum Gasteiger partial charge on any atom is -0.444 e. The number of aromatic nitrogens is 2. The van der Waals surface area contributed by atoms with Gasteiger partial charge in [0.1, 0.15) is 30.1 Å². The zero-order valence-electron chi connectivity index (χ0n) is 35.6. The second-order valence-corrected chi connectivity index (χ2v) is 19.2. The van der Waals surface area contributed by atoms with Crippen LogP contribution in [0.25, 0.3) is 37.4 Å². The third-order valence-electron chi connectivity index (χ3n) is 11.7. The van der Waals surface area contributed by atoms with Gasteiger partial charge in [-0.3, -0.25) is 19.4 Å². The fraction of sp³-hybridized carbons (Fsp3) is 0.404. The van der Waals surface area contributed by atoms with Crippen molar-refractivity contribution in [3.63, 3.8) is 0 Å². The highest BCUT2D eigenvalue weighted by Crippen LogP contribution is 2.45. The van der Waals surface area contributed by atoms with E-state index in [4.69, 9.17) is 14.7 Å². The Balaban J connectivity index is 0.933. The molecule has 13 nitrogen and oxygen atoms in total. The van der Waals surface area contributed by atoms with Crippen LogP contribution in [0.3, 0.4) is 0 Å². The summed E-state index contributed by atoms with van der Waals surface area (Å²) < 4.78 is 7.97. The largest absolute Gasteiger partial charge is 0.444 e. The molecular formula is C47H53N7O6S2. The van der Waals surface area contributed by atoms with Gasteiger partial charge in [0.15, 0.2) is 0 Å². The number of hydrogen-bond donors (Lipinski definition) is 4. The van der Waals surface area contributed by atoms with Gasteiger partial charge in [-0.2, -0.15) is 0 Å². The van der Waals surface area contributed by atoms with Crippen molar-refractivity contribution < 1.29 is 29.0 Å². The lowest BCUT2D eigenvalue weighted by molar-refractivity contribution is -0.139. The number of aliphatic imine (C=N–C) groups is 1. The summed E-state index contributed by atoms with van der Waals surface area (Å²) in [6, 6.07) is 15.7. The van der Waals surface area contributed by atoms with Crippen LogP contribution < -0.4 is 10.6 Å². The number of amides is 4. The second-order valence-electron chi connectivity index (χ2n) is 17.5. The number of aliphatic hydroxyl groups excluding tert-OH is 1. The van der Waals surface area contributed by atoms with Gasteiger partial charge >= 0.3 is 6.09 Å². The molecule has 0 radical (unpaired) electrons. The molecule has 2 unspecified atom stereocenters. The van der Waals surface area contributed by atoms with Gasteiger partial charge in [-0.25, -0.2) is 9.78 Å². The van der Waals surface area contributed by atoms with E-state index in [1.165, 1.54) is 20.5 Å². The van der Waals surface area contributed by atoms with Crippen molar-refractivity contribution in [2.24, 2.45) is 10.9 Å². The van der Waals surface area contributed by atoms with Crippen LogP contribution in [0.5, 0.6) is 0 Å². The number of benzene rings is 2. The molecule has 4 N–H and O–H groups in total. The number of alkyl carbamates (subject to hydrolysis) is 1. The van der Waals surface area contributed by atoms with Gasteiger partial charge in [0.25, 0.3) is 0 Å². The van der Waals surface area contributed by atoms with Crippen LogP contribution in [0.1, 0.15) is 95.8 Å². The summed E-state index contributed by atoms with van der Waals surface area (Å²) in [7, 11) is 0. The number of imidazole rings is 1. The van der Waals surface area contributed by atoms with E-state index < -0.39 is 36.3 Å². The average molecular weight is 876 g/mol. The van der Waals surface area contributed by atoms with Crippen molar-refractivity contribution in [3.05, 3.63) is 94.7 Å². The maximum Gasteiger partial charge on any atom is 0.408 e. The van der Waals surface area contributed by atoms with Crippen molar-refractivity contribution in [1.29, 1.82) is 0 Å². The van der Waals surface area contributed by atoms with Crippen LogP contribution in [-0.2, 0) is 19.1 Å². The molecule has 3 aliphatic rings. The predicted molar refractivity (Wildman–Crippen MR) is 244 cm³/mol. The number of rotatable bonds is 12. The molecule has 3 aliphatic heterocycles. The highest BCUT2D eigenvalue weighted by atomic mass is 32.1. The fourth-order valence-corrected chi connectivity index (χ4v) is 11.2. The van der Waals surface area contributed by atoms with Gasteiger partial charge in [0.2, 0.25) is 17.7 Å². The lowest BCUT2D eigenvalue weighted by Crippen LogP contribution is -2.51. The molecule has 2 saturated heterocycles. The number of H-pyrrole nitrogens is 1. The molecule has 62 heavy (non-hydrogen) atoms. The second kappa shape index (κ2) is 18.0. The van der Waals surface area contributed by atoms with Gasteiger partial charge in [-0.05, 0) is 74.6 Å². The third-order valence-corrected chi connectivity index (χ3v) is 13.9. The molecule has 6 heterocycles. The summed E-state index contributed by atoms with van der Waals surface area (Å²) >= 11 is 3.45. The Hall–Kier alpha value is -5.64. The van der Waals surface area contributed by atoms with Crippen molar-refractivity contribution in [1.82, 2.24) is 30.4 Å². The Bertz CT molecular complexity index is 2520. The first kappa shape index (κ1) is 43.0. The Morgan fingerprint density at radius 1 is 0.871 bits per heavy atom. The molecule has 2 fully saturated rings. The number of nitrogens with one attached hydrogen (secondary N) is 3. The predicted octanol–water partition coefficient (Wildman–Crippen LogP) is 8.26. The average Bonchev–Trinajstić information content (AvgIpc) is 4.11. The van der Waals surface area contributed by atoms with Crippen LogP contribution in [0.4, 0.5) is 4.79 Å². The number of hydrogen-bond acceptors (Lipinski definition) is 10. The molecule has 5 aromatic rings. The number of carbonyl (C=O) groups is 4. The van der Waals surface area contributed by atoms with Crippen LogP contribution in [0.2, 0.25) is 0 Å².